The Morgan fingerprint density at radius 1 is 1.07 bits per heavy atom. The van der Waals surface area contributed by atoms with Crippen molar-refractivity contribution in [2.24, 2.45) is 0 Å². The largest absolute Gasteiger partial charge is 0.492 e. The molecule has 0 radical (unpaired) electrons. The molecule has 7 heteroatoms. The van der Waals surface area contributed by atoms with Crippen LogP contribution in [-0.4, -0.2) is 32.8 Å². The van der Waals surface area contributed by atoms with Gasteiger partial charge >= 0.3 is 0 Å². The van der Waals surface area contributed by atoms with Gasteiger partial charge in [-0.1, -0.05) is 54.2 Å². The molecule has 0 bridgehead atoms. The number of hydrogen-bond donors (Lipinski definition) is 1. The molecular weight excluding hydrogens is 396 g/mol. The van der Waals surface area contributed by atoms with E-state index in [9.17, 15) is 4.79 Å². The molecule has 152 valence electrons. The fourth-order valence-electron chi connectivity index (χ4n) is 3.12. The standard InChI is InChI=1S/C23H22N4O2S/c1-2-29-20-13-7-6-11-18(20)25-21(28)16-30-23-26-19-12-8-14-24-22(19)27(23)15-17-9-4-3-5-10-17/h3-14H,2,15-16H2,1H3,(H,25,28). The first-order valence-electron chi connectivity index (χ1n) is 9.74. The number of hydrogen-bond acceptors (Lipinski definition) is 5. The molecule has 2 aromatic heterocycles. The summed E-state index contributed by atoms with van der Waals surface area (Å²) in [6.07, 6.45) is 1.76. The number of pyridine rings is 1. The number of nitrogens with zero attached hydrogens (tertiary/aromatic N) is 3. The molecule has 0 fully saturated rings. The van der Waals surface area contributed by atoms with Gasteiger partial charge in [-0.2, -0.15) is 0 Å². The molecule has 4 aromatic rings. The number of benzene rings is 2. The van der Waals surface area contributed by atoms with Crippen molar-refractivity contribution in [2.45, 2.75) is 18.6 Å². The number of thioether (sulfide) groups is 1. The number of anilines is 1. The Labute approximate surface area is 179 Å². The SMILES string of the molecule is CCOc1ccccc1NC(=O)CSc1nc2cccnc2n1Cc1ccccc1. The van der Waals surface area contributed by atoms with Gasteiger partial charge in [0.15, 0.2) is 10.8 Å². The molecular formula is C23H22N4O2S. The molecule has 0 aliphatic carbocycles. The fourth-order valence-corrected chi connectivity index (χ4v) is 3.93. The molecule has 0 aliphatic heterocycles. The third-order valence-corrected chi connectivity index (χ3v) is 5.42. The van der Waals surface area contributed by atoms with Crippen LogP contribution in [-0.2, 0) is 11.3 Å². The highest BCUT2D eigenvalue weighted by Crippen LogP contribution is 2.26. The Balaban J connectivity index is 1.51. The highest BCUT2D eigenvalue weighted by atomic mass is 32.2. The van der Waals surface area contributed by atoms with Gasteiger partial charge < -0.3 is 10.1 Å². The van der Waals surface area contributed by atoms with E-state index in [0.29, 0.717) is 24.6 Å². The summed E-state index contributed by atoms with van der Waals surface area (Å²) < 4.78 is 7.63. The maximum Gasteiger partial charge on any atom is 0.234 e. The van der Waals surface area contributed by atoms with Crippen molar-refractivity contribution >= 4 is 34.5 Å². The lowest BCUT2D eigenvalue weighted by atomic mass is 10.2. The number of amides is 1. The molecule has 6 nitrogen and oxygen atoms in total. The smallest absolute Gasteiger partial charge is 0.234 e. The zero-order chi connectivity index (χ0) is 20.8. The number of ether oxygens (including phenoxy) is 1. The van der Waals surface area contributed by atoms with Crippen LogP contribution in [0.5, 0.6) is 5.75 Å². The summed E-state index contributed by atoms with van der Waals surface area (Å²) >= 11 is 1.40. The van der Waals surface area contributed by atoms with Crippen LogP contribution in [0.15, 0.2) is 78.1 Å². The van der Waals surface area contributed by atoms with Gasteiger partial charge in [0.1, 0.15) is 11.3 Å². The Hall–Kier alpha value is -3.32. The van der Waals surface area contributed by atoms with E-state index in [0.717, 1.165) is 21.9 Å². The molecule has 0 atom stereocenters. The van der Waals surface area contributed by atoms with Crippen molar-refractivity contribution in [3.05, 3.63) is 78.5 Å². The third kappa shape index (κ3) is 4.63. The summed E-state index contributed by atoms with van der Waals surface area (Å²) in [5.74, 6) is 0.788. The van der Waals surface area contributed by atoms with E-state index in [1.54, 1.807) is 6.20 Å². The van der Waals surface area contributed by atoms with Gasteiger partial charge in [0, 0.05) is 6.20 Å². The number of carbonyl (C=O) groups excluding carboxylic acids is 1. The molecule has 0 saturated heterocycles. The summed E-state index contributed by atoms with van der Waals surface area (Å²) in [4.78, 5) is 21.8. The Morgan fingerprint density at radius 2 is 1.87 bits per heavy atom. The minimum atomic E-state index is -0.113. The minimum absolute atomic E-state index is 0.113. The predicted octanol–water partition coefficient (Wildman–Crippen LogP) is 4.61. The average molecular weight is 419 g/mol. The molecule has 1 N–H and O–H groups in total. The molecule has 0 saturated carbocycles. The van der Waals surface area contributed by atoms with Gasteiger partial charge in [0.05, 0.1) is 24.6 Å². The molecule has 0 aliphatic rings. The maximum absolute atomic E-state index is 12.6. The molecule has 1 amide bonds. The lowest BCUT2D eigenvalue weighted by molar-refractivity contribution is -0.113. The quantitative estimate of drug-likeness (QED) is 0.423. The first-order chi connectivity index (χ1) is 14.7. The maximum atomic E-state index is 12.6. The van der Waals surface area contributed by atoms with E-state index in [4.69, 9.17) is 9.72 Å². The number of fused-ring (bicyclic) bond motifs is 1. The topological polar surface area (TPSA) is 69.0 Å². The van der Waals surface area contributed by atoms with Gasteiger partial charge in [0.25, 0.3) is 0 Å². The summed E-state index contributed by atoms with van der Waals surface area (Å²) in [5.41, 5.74) is 3.45. The number of aromatic nitrogens is 3. The number of rotatable bonds is 8. The zero-order valence-corrected chi connectivity index (χ0v) is 17.4. The van der Waals surface area contributed by atoms with Gasteiger partial charge in [-0.15, -0.1) is 0 Å². The Morgan fingerprint density at radius 3 is 2.70 bits per heavy atom. The highest BCUT2D eigenvalue weighted by molar-refractivity contribution is 7.99. The Kier molecular flexibility index (Phi) is 6.29. The third-order valence-electron chi connectivity index (χ3n) is 4.45. The first-order valence-corrected chi connectivity index (χ1v) is 10.7. The van der Waals surface area contributed by atoms with Crippen LogP contribution < -0.4 is 10.1 Å². The number of para-hydroxylation sites is 2. The number of imidazole rings is 1. The van der Waals surface area contributed by atoms with E-state index in [1.165, 1.54) is 11.8 Å². The normalized spacial score (nSPS) is 10.8. The monoisotopic (exact) mass is 418 g/mol. The lowest BCUT2D eigenvalue weighted by Gasteiger charge is -2.11. The molecule has 0 unspecified atom stereocenters. The second-order valence-corrected chi connectivity index (χ2v) is 7.52. The van der Waals surface area contributed by atoms with E-state index >= 15 is 0 Å². The van der Waals surface area contributed by atoms with Gasteiger partial charge in [-0.25, -0.2) is 9.97 Å². The van der Waals surface area contributed by atoms with Crippen molar-refractivity contribution in [1.29, 1.82) is 0 Å². The minimum Gasteiger partial charge on any atom is -0.492 e. The van der Waals surface area contributed by atoms with Crippen molar-refractivity contribution < 1.29 is 9.53 Å². The molecule has 2 aromatic carbocycles. The van der Waals surface area contributed by atoms with Crippen LogP contribution in [0.1, 0.15) is 12.5 Å². The Bertz CT molecular complexity index is 1140. The van der Waals surface area contributed by atoms with Gasteiger partial charge in [-0.05, 0) is 36.8 Å². The molecule has 2 heterocycles. The number of carbonyl (C=O) groups is 1. The van der Waals surface area contributed by atoms with Crippen LogP contribution in [0.2, 0.25) is 0 Å². The van der Waals surface area contributed by atoms with E-state index in [2.05, 4.69) is 27.0 Å². The second-order valence-electron chi connectivity index (χ2n) is 6.58. The molecule has 30 heavy (non-hydrogen) atoms. The van der Waals surface area contributed by atoms with Gasteiger partial charge in [0.2, 0.25) is 5.91 Å². The highest BCUT2D eigenvalue weighted by Gasteiger charge is 2.15. The van der Waals surface area contributed by atoms with Crippen molar-refractivity contribution in [2.75, 3.05) is 17.7 Å². The zero-order valence-electron chi connectivity index (χ0n) is 16.6. The van der Waals surface area contributed by atoms with Crippen molar-refractivity contribution in [3.8, 4) is 5.75 Å². The van der Waals surface area contributed by atoms with Crippen molar-refractivity contribution in [1.82, 2.24) is 14.5 Å². The van der Waals surface area contributed by atoms with Crippen LogP contribution in [0.4, 0.5) is 5.69 Å². The summed E-state index contributed by atoms with van der Waals surface area (Å²) in [5, 5.41) is 3.70. The summed E-state index contributed by atoms with van der Waals surface area (Å²) in [7, 11) is 0. The number of nitrogens with one attached hydrogen (secondary N) is 1. The van der Waals surface area contributed by atoms with Crippen LogP contribution in [0, 0.1) is 0 Å². The van der Waals surface area contributed by atoms with E-state index in [-0.39, 0.29) is 11.7 Å². The molecule has 0 spiro atoms. The summed E-state index contributed by atoms with van der Waals surface area (Å²) in [6, 6.07) is 21.4. The first kappa shape index (κ1) is 20.0. The lowest BCUT2D eigenvalue weighted by Crippen LogP contribution is -2.15. The van der Waals surface area contributed by atoms with Crippen LogP contribution >= 0.6 is 11.8 Å². The molecule has 4 rings (SSSR count). The summed E-state index contributed by atoms with van der Waals surface area (Å²) in [6.45, 7) is 3.10. The van der Waals surface area contributed by atoms with Crippen molar-refractivity contribution in [3.63, 3.8) is 0 Å². The van der Waals surface area contributed by atoms with Crippen LogP contribution in [0.25, 0.3) is 11.2 Å². The second kappa shape index (κ2) is 9.45. The average Bonchev–Trinajstić information content (AvgIpc) is 3.12. The van der Waals surface area contributed by atoms with Crippen LogP contribution in [0.3, 0.4) is 0 Å². The fraction of sp³-hybridized carbons (Fsp3) is 0.174. The van der Waals surface area contributed by atoms with Gasteiger partial charge in [-0.3, -0.25) is 9.36 Å². The van der Waals surface area contributed by atoms with E-state index in [1.807, 2.05) is 61.5 Å². The predicted molar refractivity (Wildman–Crippen MR) is 120 cm³/mol. The van der Waals surface area contributed by atoms with E-state index < -0.39 is 0 Å².